The Morgan fingerprint density at radius 1 is 0.327 bits per heavy atom. The van der Waals surface area contributed by atoms with Crippen LogP contribution in [0.5, 0.6) is 0 Å². The molecule has 9 aromatic carbocycles. The number of rotatable bonds is 5. The third-order valence-corrected chi connectivity index (χ3v) is 10.5. The molecule has 55 heavy (non-hydrogen) atoms. The van der Waals surface area contributed by atoms with Gasteiger partial charge in [0.25, 0.3) is 0 Å². The largest absolute Gasteiger partial charge is 0.435 e. The quantitative estimate of drug-likeness (QED) is 0.167. The van der Waals surface area contributed by atoms with Crippen molar-refractivity contribution in [3.05, 3.63) is 182 Å². The lowest BCUT2D eigenvalue weighted by molar-refractivity contribution is 0.623. The van der Waals surface area contributed by atoms with E-state index in [4.69, 9.17) is 24.4 Å². The first kappa shape index (κ1) is 31.1. The average Bonchev–Trinajstić information content (AvgIpc) is 3.71. The van der Waals surface area contributed by atoms with Crippen LogP contribution in [0.1, 0.15) is 0 Å². The van der Waals surface area contributed by atoms with E-state index >= 15 is 0 Å². The van der Waals surface area contributed by atoms with Crippen LogP contribution in [0, 0.1) is 0 Å². The lowest BCUT2D eigenvalue weighted by Gasteiger charge is -2.12. The van der Waals surface area contributed by atoms with Crippen LogP contribution >= 0.6 is 0 Å². The van der Waals surface area contributed by atoms with Gasteiger partial charge in [-0.05, 0) is 73.8 Å². The van der Waals surface area contributed by atoms with Crippen LogP contribution in [-0.4, -0.2) is 19.9 Å². The Morgan fingerprint density at radius 3 is 1.71 bits per heavy atom. The van der Waals surface area contributed by atoms with Gasteiger partial charge in [-0.2, -0.15) is 0 Å². The van der Waals surface area contributed by atoms with E-state index < -0.39 is 0 Å². The van der Waals surface area contributed by atoms with Gasteiger partial charge in [-0.25, -0.2) is 19.9 Å². The summed E-state index contributed by atoms with van der Waals surface area (Å²) >= 11 is 0. The van der Waals surface area contributed by atoms with Crippen molar-refractivity contribution in [2.24, 2.45) is 0 Å². The molecule has 0 unspecified atom stereocenters. The van der Waals surface area contributed by atoms with Crippen molar-refractivity contribution in [3.63, 3.8) is 0 Å². The molecule has 0 amide bonds. The maximum atomic E-state index is 6.55. The molecule has 2 heterocycles. The predicted octanol–water partition coefficient (Wildman–Crippen LogP) is 13.0. The van der Waals surface area contributed by atoms with E-state index in [9.17, 15) is 0 Å². The second-order valence-electron chi connectivity index (χ2n) is 13.8. The van der Waals surface area contributed by atoms with Crippen LogP contribution in [0.25, 0.3) is 111 Å². The van der Waals surface area contributed by atoms with Gasteiger partial charge in [0, 0.05) is 33.0 Å². The van der Waals surface area contributed by atoms with Crippen LogP contribution in [-0.2, 0) is 0 Å². The summed E-state index contributed by atoms with van der Waals surface area (Å²) in [6.07, 6.45) is 0. The molecule has 0 saturated carbocycles. The van der Waals surface area contributed by atoms with Gasteiger partial charge in [0.1, 0.15) is 5.52 Å². The van der Waals surface area contributed by atoms with E-state index in [1.165, 1.54) is 16.3 Å². The van der Waals surface area contributed by atoms with Gasteiger partial charge < -0.3 is 4.42 Å². The maximum absolute atomic E-state index is 6.55. The number of aromatic nitrogens is 4. The highest BCUT2D eigenvalue weighted by molar-refractivity contribution is 6.26. The molecule has 0 radical (unpaired) electrons. The zero-order chi connectivity index (χ0) is 36.3. The first-order valence-electron chi connectivity index (χ1n) is 18.4. The summed E-state index contributed by atoms with van der Waals surface area (Å²) in [6, 6.07) is 63.0. The van der Waals surface area contributed by atoms with Gasteiger partial charge in [-0.15, -0.1) is 0 Å². The molecular formula is C50H30N4O. The Bertz CT molecular complexity index is 3260. The van der Waals surface area contributed by atoms with Gasteiger partial charge in [0.15, 0.2) is 23.1 Å². The third kappa shape index (κ3) is 5.33. The molecule has 5 nitrogen and oxygen atoms in total. The maximum Gasteiger partial charge on any atom is 0.227 e. The molecule has 0 bridgehead atoms. The van der Waals surface area contributed by atoms with Crippen LogP contribution in [0.15, 0.2) is 186 Å². The zero-order valence-corrected chi connectivity index (χ0v) is 29.5. The lowest BCUT2D eigenvalue weighted by atomic mass is 9.95. The van der Waals surface area contributed by atoms with E-state index in [0.29, 0.717) is 23.4 Å². The Balaban J connectivity index is 1.08. The highest BCUT2D eigenvalue weighted by atomic mass is 16.3. The molecule has 0 saturated heterocycles. The van der Waals surface area contributed by atoms with E-state index in [0.717, 1.165) is 71.2 Å². The summed E-state index contributed by atoms with van der Waals surface area (Å²) in [5, 5.41) is 9.05. The van der Waals surface area contributed by atoms with Crippen molar-refractivity contribution in [1.82, 2.24) is 19.9 Å². The van der Waals surface area contributed by atoms with Crippen molar-refractivity contribution in [2.45, 2.75) is 0 Å². The molecule has 11 aromatic rings. The molecule has 256 valence electrons. The molecule has 11 rings (SSSR count). The predicted molar refractivity (Wildman–Crippen MR) is 225 cm³/mol. The lowest BCUT2D eigenvalue weighted by Crippen LogP contribution is -2.00. The molecule has 0 fully saturated rings. The van der Waals surface area contributed by atoms with Crippen LogP contribution in [0.4, 0.5) is 0 Å². The third-order valence-electron chi connectivity index (χ3n) is 10.5. The number of benzene rings is 9. The van der Waals surface area contributed by atoms with Crippen LogP contribution in [0.2, 0.25) is 0 Å². The zero-order valence-electron chi connectivity index (χ0n) is 29.5. The number of fused-ring (bicyclic) bond motifs is 8. The molecule has 0 N–H and O–H groups in total. The summed E-state index contributed by atoms with van der Waals surface area (Å²) in [5.74, 6) is 2.48. The minimum atomic E-state index is 0.615. The fourth-order valence-electron chi connectivity index (χ4n) is 7.84. The van der Waals surface area contributed by atoms with Gasteiger partial charge in [-0.3, -0.25) is 0 Å². The van der Waals surface area contributed by atoms with Crippen LogP contribution in [0.3, 0.4) is 0 Å². The summed E-state index contributed by atoms with van der Waals surface area (Å²) in [6.45, 7) is 0. The highest BCUT2D eigenvalue weighted by Gasteiger charge is 2.17. The monoisotopic (exact) mass is 702 g/mol. The molecule has 0 aliphatic rings. The molecular weight excluding hydrogens is 673 g/mol. The van der Waals surface area contributed by atoms with Gasteiger partial charge in [0.05, 0.1) is 0 Å². The Morgan fingerprint density at radius 2 is 0.909 bits per heavy atom. The fourth-order valence-corrected chi connectivity index (χ4v) is 7.84. The number of hydrogen-bond donors (Lipinski definition) is 0. The molecule has 0 spiro atoms. The van der Waals surface area contributed by atoms with Crippen molar-refractivity contribution < 1.29 is 4.42 Å². The Hall–Kier alpha value is -7.50. The second-order valence-corrected chi connectivity index (χ2v) is 13.8. The van der Waals surface area contributed by atoms with Gasteiger partial charge >= 0.3 is 0 Å². The van der Waals surface area contributed by atoms with Gasteiger partial charge in [0.2, 0.25) is 5.89 Å². The normalized spacial score (nSPS) is 11.6. The molecule has 5 heteroatoms. The Kier molecular flexibility index (Phi) is 7.10. The van der Waals surface area contributed by atoms with E-state index in [1.54, 1.807) is 0 Å². The minimum absolute atomic E-state index is 0.615. The number of hydrogen-bond acceptors (Lipinski definition) is 5. The van der Waals surface area contributed by atoms with Crippen LogP contribution < -0.4 is 0 Å². The first-order chi connectivity index (χ1) is 27.2. The highest BCUT2D eigenvalue weighted by Crippen LogP contribution is 2.39. The van der Waals surface area contributed by atoms with Crippen molar-refractivity contribution >= 4 is 54.2 Å². The summed E-state index contributed by atoms with van der Waals surface area (Å²) in [4.78, 5) is 20.1. The van der Waals surface area contributed by atoms with Gasteiger partial charge in [-0.1, -0.05) is 152 Å². The molecule has 2 aromatic heterocycles. The van der Waals surface area contributed by atoms with Crippen molar-refractivity contribution in [2.75, 3.05) is 0 Å². The molecule has 0 aliphatic carbocycles. The number of nitrogens with zero attached hydrogens (tertiary/aromatic N) is 4. The SMILES string of the molecule is c1ccc(-c2nc(-c3cccc(-c4cccc5ccccc45)c3)nc(-c3ccc4c(ccc5ccc6ccc7nc(-c8ccccc8)oc7c6c54)c3)n2)cc1. The standard InChI is InChI=1S/C50H30N4O/c1-3-12-34(13-4-1)47-52-48(38-18-9-17-36(29-38)41-20-10-16-31-11-7-8-19-40(31)41)54-49(53-47)39-25-27-42-37(30-39)24-23-32-21-22-33-26-28-43-46(45(33)44(32)42)55-50(51-43)35-14-5-2-6-15-35/h1-30H. The minimum Gasteiger partial charge on any atom is -0.435 e. The molecule has 0 aliphatic heterocycles. The summed E-state index contributed by atoms with van der Waals surface area (Å²) < 4.78 is 6.55. The molecule has 0 atom stereocenters. The van der Waals surface area contributed by atoms with Crippen molar-refractivity contribution in [1.29, 1.82) is 0 Å². The summed E-state index contributed by atoms with van der Waals surface area (Å²) in [5.41, 5.74) is 7.63. The summed E-state index contributed by atoms with van der Waals surface area (Å²) in [7, 11) is 0. The average molecular weight is 703 g/mol. The first-order valence-corrected chi connectivity index (χ1v) is 18.4. The van der Waals surface area contributed by atoms with E-state index in [1.807, 2.05) is 66.7 Å². The smallest absolute Gasteiger partial charge is 0.227 e. The topological polar surface area (TPSA) is 64.7 Å². The second kappa shape index (κ2) is 12.6. The Labute approximate surface area is 316 Å². The number of oxazole rings is 1. The van der Waals surface area contributed by atoms with Crippen molar-refractivity contribution in [3.8, 4) is 56.7 Å². The van der Waals surface area contributed by atoms with E-state index in [2.05, 4.69) is 115 Å². The van der Waals surface area contributed by atoms with E-state index in [-0.39, 0.29) is 0 Å². The fraction of sp³-hybridized carbons (Fsp3) is 0.